The number of hydrogen-bond donors (Lipinski definition) is 0. The highest BCUT2D eigenvalue weighted by Crippen LogP contribution is 2.25. The Kier molecular flexibility index (Phi) is 4.79. The Bertz CT molecular complexity index is 360. The quantitative estimate of drug-likeness (QED) is 0.692. The maximum Gasteiger partial charge on any atom is 0.168 e. The van der Waals surface area contributed by atoms with Crippen LogP contribution in [0.15, 0.2) is 18.2 Å². The van der Waals surface area contributed by atoms with Crippen LogP contribution in [0.1, 0.15) is 16.8 Å². The Morgan fingerprint density at radius 3 is 2.50 bits per heavy atom. The van der Waals surface area contributed by atoms with Crippen molar-refractivity contribution in [2.24, 2.45) is 0 Å². The van der Waals surface area contributed by atoms with Crippen LogP contribution >= 0.6 is 0 Å². The van der Waals surface area contributed by atoms with E-state index in [1.54, 1.807) is 32.4 Å². The van der Waals surface area contributed by atoms with Crippen molar-refractivity contribution in [2.75, 3.05) is 27.9 Å². The highest BCUT2D eigenvalue weighted by molar-refractivity contribution is 5.98. The second kappa shape index (κ2) is 6.12. The molecule has 0 aliphatic carbocycles. The van der Waals surface area contributed by atoms with Crippen LogP contribution in [-0.4, -0.2) is 33.7 Å². The molecule has 0 bridgehead atoms. The summed E-state index contributed by atoms with van der Waals surface area (Å²) in [4.78, 5) is 11.8. The van der Waals surface area contributed by atoms with Crippen LogP contribution in [-0.2, 0) is 4.74 Å². The van der Waals surface area contributed by atoms with Crippen molar-refractivity contribution in [3.63, 3.8) is 0 Å². The van der Waals surface area contributed by atoms with Crippen molar-refractivity contribution < 1.29 is 19.0 Å². The number of rotatable bonds is 6. The van der Waals surface area contributed by atoms with Gasteiger partial charge in [0.15, 0.2) is 5.78 Å². The molecule has 0 N–H and O–H groups in total. The second-order valence-corrected chi connectivity index (χ2v) is 3.23. The summed E-state index contributed by atoms with van der Waals surface area (Å²) < 4.78 is 15.1. The average molecular weight is 224 g/mol. The first-order valence-corrected chi connectivity index (χ1v) is 4.97. The van der Waals surface area contributed by atoms with Crippen LogP contribution < -0.4 is 9.47 Å². The summed E-state index contributed by atoms with van der Waals surface area (Å²) in [5.74, 6) is 1.20. The lowest BCUT2D eigenvalue weighted by atomic mass is 10.1. The summed E-state index contributed by atoms with van der Waals surface area (Å²) in [5, 5.41) is 0. The first-order chi connectivity index (χ1) is 7.72. The van der Waals surface area contributed by atoms with E-state index in [1.807, 2.05) is 0 Å². The van der Waals surface area contributed by atoms with Crippen LogP contribution in [0.25, 0.3) is 0 Å². The molecule has 0 fully saturated rings. The lowest BCUT2D eigenvalue weighted by Gasteiger charge is -2.09. The Balaban J connectivity index is 2.90. The van der Waals surface area contributed by atoms with E-state index in [2.05, 4.69) is 0 Å². The number of Topliss-reactive ketones (excluding diaryl/α,β-unsaturated/α-hetero) is 1. The van der Waals surface area contributed by atoms with Gasteiger partial charge in [0.2, 0.25) is 0 Å². The molecule has 0 aliphatic heterocycles. The SMILES string of the molecule is COCCC(=O)c1ccc(OC)cc1OC. The molecular formula is C12H16O4. The van der Waals surface area contributed by atoms with Crippen LogP contribution in [0.2, 0.25) is 0 Å². The number of benzene rings is 1. The summed E-state index contributed by atoms with van der Waals surface area (Å²) in [6, 6.07) is 5.14. The number of carbonyl (C=O) groups is 1. The Hall–Kier alpha value is -1.55. The van der Waals surface area contributed by atoms with Crippen molar-refractivity contribution in [1.82, 2.24) is 0 Å². The minimum atomic E-state index is 0.00125. The summed E-state index contributed by atoms with van der Waals surface area (Å²) in [7, 11) is 4.67. The molecule has 4 nitrogen and oxygen atoms in total. The van der Waals surface area contributed by atoms with Gasteiger partial charge < -0.3 is 14.2 Å². The molecule has 1 rings (SSSR count). The third-order valence-electron chi connectivity index (χ3n) is 2.24. The Morgan fingerprint density at radius 1 is 1.19 bits per heavy atom. The van der Waals surface area contributed by atoms with E-state index in [9.17, 15) is 4.79 Å². The Labute approximate surface area is 95.1 Å². The van der Waals surface area contributed by atoms with Gasteiger partial charge in [0, 0.05) is 19.6 Å². The number of ether oxygens (including phenoxy) is 3. The van der Waals surface area contributed by atoms with Crippen LogP contribution in [0.5, 0.6) is 11.5 Å². The summed E-state index contributed by atoms with van der Waals surface area (Å²) >= 11 is 0. The zero-order valence-corrected chi connectivity index (χ0v) is 9.78. The van der Waals surface area contributed by atoms with E-state index in [0.717, 1.165) is 0 Å². The molecule has 4 heteroatoms. The molecule has 0 spiro atoms. The fourth-order valence-corrected chi connectivity index (χ4v) is 1.36. The van der Waals surface area contributed by atoms with Gasteiger partial charge in [-0.15, -0.1) is 0 Å². The molecule has 0 aromatic heterocycles. The van der Waals surface area contributed by atoms with Crippen LogP contribution in [0, 0.1) is 0 Å². The summed E-state index contributed by atoms with van der Waals surface area (Å²) in [6.07, 6.45) is 0.346. The lowest BCUT2D eigenvalue weighted by molar-refractivity contribution is 0.0929. The molecule has 0 saturated carbocycles. The predicted molar refractivity (Wildman–Crippen MR) is 60.4 cm³/mol. The van der Waals surface area contributed by atoms with Crippen LogP contribution in [0.3, 0.4) is 0 Å². The van der Waals surface area contributed by atoms with E-state index in [0.29, 0.717) is 30.1 Å². The standard InChI is InChI=1S/C12H16O4/c1-14-7-6-11(13)10-5-4-9(15-2)8-12(10)16-3/h4-5,8H,6-7H2,1-3H3. The Morgan fingerprint density at radius 2 is 1.94 bits per heavy atom. The number of hydrogen-bond acceptors (Lipinski definition) is 4. The van der Waals surface area contributed by atoms with Crippen molar-refractivity contribution >= 4 is 5.78 Å². The minimum absolute atomic E-state index is 0.00125. The zero-order valence-electron chi connectivity index (χ0n) is 9.78. The summed E-state index contributed by atoms with van der Waals surface area (Å²) in [5.41, 5.74) is 0.556. The van der Waals surface area contributed by atoms with Gasteiger partial charge in [0.05, 0.1) is 26.4 Å². The predicted octanol–water partition coefficient (Wildman–Crippen LogP) is 1.92. The number of ketones is 1. The molecule has 0 amide bonds. The van der Waals surface area contributed by atoms with Gasteiger partial charge in [-0.3, -0.25) is 4.79 Å². The van der Waals surface area contributed by atoms with E-state index < -0.39 is 0 Å². The fraction of sp³-hybridized carbons (Fsp3) is 0.417. The molecule has 16 heavy (non-hydrogen) atoms. The van der Waals surface area contributed by atoms with Crippen molar-refractivity contribution in [1.29, 1.82) is 0 Å². The van der Waals surface area contributed by atoms with Gasteiger partial charge in [-0.1, -0.05) is 0 Å². The van der Waals surface area contributed by atoms with Gasteiger partial charge in [-0.2, -0.15) is 0 Å². The summed E-state index contributed by atoms with van der Waals surface area (Å²) in [6.45, 7) is 0.411. The molecule has 88 valence electrons. The minimum Gasteiger partial charge on any atom is -0.497 e. The molecule has 1 aromatic rings. The number of carbonyl (C=O) groups excluding carboxylic acids is 1. The van der Waals surface area contributed by atoms with Gasteiger partial charge in [0.1, 0.15) is 11.5 Å². The van der Waals surface area contributed by atoms with Gasteiger partial charge >= 0.3 is 0 Å². The molecule has 0 atom stereocenters. The average Bonchev–Trinajstić information content (AvgIpc) is 2.34. The number of methoxy groups -OCH3 is 3. The van der Waals surface area contributed by atoms with Crippen molar-refractivity contribution in [3.05, 3.63) is 23.8 Å². The third-order valence-corrected chi connectivity index (χ3v) is 2.24. The first-order valence-electron chi connectivity index (χ1n) is 4.97. The largest absolute Gasteiger partial charge is 0.497 e. The smallest absolute Gasteiger partial charge is 0.168 e. The van der Waals surface area contributed by atoms with Crippen molar-refractivity contribution in [3.8, 4) is 11.5 Å². The van der Waals surface area contributed by atoms with Crippen molar-refractivity contribution in [2.45, 2.75) is 6.42 Å². The molecule has 0 heterocycles. The van der Waals surface area contributed by atoms with E-state index in [4.69, 9.17) is 14.2 Å². The third kappa shape index (κ3) is 2.97. The normalized spacial score (nSPS) is 9.94. The first kappa shape index (κ1) is 12.5. The molecule has 0 aliphatic rings. The molecule has 0 unspecified atom stereocenters. The van der Waals surface area contributed by atoms with Crippen LogP contribution in [0.4, 0.5) is 0 Å². The molecule has 0 saturated heterocycles. The van der Waals surface area contributed by atoms with E-state index in [1.165, 1.54) is 7.11 Å². The van der Waals surface area contributed by atoms with E-state index >= 15 is 0 Å². The topological polar surface area (TPSA) is 44.8 Å². The lowest BCUT2D eigenvalue weighted by Crippen LogP contribution is -2.05. The van der Waals surface area contributed by atoms with E-state index in [-0.39, 0.29) is 5.78 Å². The molecule has 0 radical (unpaired) electrons. The maximum atomic E-state index is 11.8. The zero-order chi connectivity index (χ0) is 12.0. The monoisotopic (exact) mass is 224 g/mol. The highest BCUT2D eigenvalue weighted by atomic mass is 16.5. The van der Waals surface area contributed by atoms with Gasteiger partial charge in [-0.25, -0.2) is 0 Å². The second-order valence-electron chi connectivity index (χ2n) is 3.23. The highest BCUT2D eigenvalue weighted by Gasteiger charge is 2.12. The van der Waals surface area contributed by atoms with Gasteiger partial charge in [-0.05, 0) is 12.1 Å². The molecular weight excluding hydrogens is 208 g/mol. The van der Waals surface area contributed by atoms with Gasteiger partial charge in [0.25, 0.3) is 0 Å². The maximum absolute atomic E-state index is 11.8. The molecule has 1 aromatic carbocycles. The fourth-order valence-electron chi connectivity index (χ4n) is 1.36.